The molecular weight excluding hydrogens is 813 g/mol. The quantitative estimate of drug-likeness (QED) is 0.0363. The summed E-state index contributed by atoms with van der Waals surface area (Å²) in [6.07, 6.45) is 45.3. The fraction of sp³-hybridized carbons (Fsp3) is 0.946. The highest BCUT2D eigenvalue weighted by molar-refractivity contribution is 5.69. The Hall–Kier alpha value is -1.71. The summed E-state index contributed by atoms with van der Waals surface area (Å²) in [7, 11) is 0. The zero-order chi connectivity index (χ0) is 47.4. The van der Waals surface area contributed by atoms with E-state index in [9.17, 15) is 19.5 Å². The van der Waals surface area contributed by atoms with Crippen molar-refractivity contribution in [1.82, 2.24) is 9.80 Å². The van der Waals surface area contributed by atoms with Gasteiger partial charge in [-0.1, -0.05) is 194 Å². The van der Waals surface area contributed by atoms with Crippen LogP contribution in [0.2, 0.25) is 0 Å². The van der Waals surface area contributed by atoms with Gasteiger partial charge in [0.05, 0.1) is 26.4 Å². The number of hydrogen-bond donors (Lipinski definition) is 1. The van der Waals surface area contributed by atoms with Gasteiger partial charge in [-0.2, -0.15) is 0 Å². The van der Waals surface area contributed by atoms with Crippen LogP contribution < -0.4 is 0 Å². The summed E-state index contributed by atoms with van der Waals surface area (Å²) in [5, 5.41) is 9.79. The van der Waals surface area contributed by atoms with E-state index in [1.807, 2.05) is 0 Å². The molecule has 0 heterocycles. The van der Waals surface area contributed by atoms with Crippen LogP contribution in [0.3, 0.4) is 0 Å². The summed E-state index contributed by atoms with van der Waals surface area (Å²) in [6.45, 7) is 14.1. The molecule has 9 heteroatoms. The summed E-state index contributed by atoms with van der Waals surface area (Å²) >= 11 is 0. The summed E-state index contributed by atoms with van der Waals surface area (Å²) < 4.78 is 16.6. The van der Waals surface area contributed by atoms with Crippen LogP contribution in [0.1, 0.15) is 278 Å². The van der Waals surface area contributed by atoms with Gasteiger partial charge in [-0.05, 0) is 96.9 Å². The van der Waals surface area contributed by atoms with E-state index in [1.165, 1.54) is 135 Å². The molecule has 0 saturated carbocycles. The van der Waals surface area contributed by atoms with Crippen molar-refractivity contribution in [2.45, 2.75) is 278 Å². The second kappa shape index (κ2) is 53.2. The maximum atomic E-state index is 12.4. The van der Waals surface area contributed by atoms with Crippen LogP contribution >= 0.6 is 0 Å². The number of esters is 3. The second-order valence-corrected chi connectivity index (χ2v) is 19.3. The molecule has 0 aliphatic carbocycles. The molecule has 0 amide bonds. The lowest BCUT2D eigenvalue weighted by atomic mass is 10.1. The maximum absolute atomic E-state index is 12.4. The van der Waals surface area contributed by atoms with Crippen LogP contribution in [0, 0.1) is 0 Å². The molecule has 1 N–H and O–H groups in total. The molecule has 0 spiro atoms. The SMILES string of the molecule is CCCCCCCCCCCOC(=O)CCCCCN(CCO)CCCN(CCCCCC(=O)OCCCCCCCCCCC)CCCCCC(=O)OCCCCCCCCCCC. The maximum Gasteiger partial charge on any atom is 0.305 e. The molecular formula is C56H110N2O7. The number of aliphatic hydroxyl groups excluding tert-OH is 1. The number of carbonyl (C=O) groups excluding carboxylic acids is 3. The van der Waals surface area contributed by atoms with Crippen molar-refractivity contribution < 1.29 is 33.7 Å². The number of aliphatic hydroxyl groups is 1. The van der Waals surface area contributed by atoms with Gasteiger partial charge in [-0.3, -0.25) is 14.4 Å². The van der Waals surface area contributed by atoms with Crippen molar-refractivity contribution in [2.24, 2.45) is 0 Å². The molecule has 0 atom stereocenters. The standard InChI is InChI=1S/C56H110N2O7/c1-4-7-10-13-16-19-22-25-37-51-63-54(60)41-31-28-34-44-57(45-35-29-32-42-55(61)64-52-38-26-23-20-17-14-11-8-5-2)47-40-48-58(49-50-59)46-36-30-33-43-56(62)65-53-39-27-24-21-18-15-12-9-6-3/h59H,4-53H2,1-3H3. The molecule has 65 heavy (non-hydrogen) atoms. The van der Waals surface area contributed by atoms with Crippen molar-refractivity contribution in [3.05, 3.63) is 0 Å². The number of hydrogen-bond acceptors (Lipinski definition) is 9. The minimum Gasteiger partial charge on any atom is -0.466 e. The van der Waals surface area contributed by atoms with Gasteiger partial charge in [0.25, 0.3) is 0 Å². The molecule has 386 valence electrons. The summed E-state index contributed by atoms with van der Waals surface area (Å²) in [5.41, 5.74) is 0. The van der Waals surface area contributed by atoms with E-state index in [-0.39, 0.29) is 24.5 Å². The average molecular weight is 924 g/mol. The lowest BCUT2D eigenvalue weighted by Gasteiger charge is -2.25. The summed E-state index contributed by atoms with van der Waals surface area (Å²) in [6, 6.07) is 0. The van der Waals surface area contributed by atoms with E-state index in [1.54, 1.807) is 0 Å². The Labute approximate surface area is 403 Å². The highest BCUT2D eigenvalue weighted by atomic mass is 16.5. The third-order valence-electron chi connectivity index (χ3n) is 13.0. The number of unbranched alkanes of at least 4 members (excludes halogenated alkanes) is 30. The number of ether oxygens (including phenoxy) is 3. The number of nitrogens with zero attached hydrogens (tertiary/aromatic N) is 2. The molecule has 0 aromatic carbocycles. The Morgan fingerprint density at radius 3 is 0.800 bits per heavy atom. The van der Waals surface area contributed by atoms with Gasteiger partial charge < -0.3 is 29.1 Å². The molecule has 9 nitrogen and oxygen atoms in total. The highest BCUT2D eigenvalue weighted by Crippen LogP contribution is 2.14. The molecule has 0 unspecified atom stereocenters. The van der Waals surface area contributed by atoms with Crippen LogP contribution in [0.5, 0.6) is 0 Å². The first kappa shape index (κ1) is 63.3. The minimum atomic E-state index is -0.0644. The molecule has 0 aliphatic heterocycles. The second-order valence-electron chi connectivity index (χ2n) is 19.3. The summed E-state index contributed by atoms with van der Waals surface area (Å²) in [4.78, 5) is 41.9. The molecule has 0 aliphatic rings. The van der Waals surface area contributed by atoms with Gasteiger partial charge in [-0.15, -0.1) is 0 Å². The van der Waals surface area contributed by atoms with Crippen molar-refractivity contribution >= 4 is 17.9 Å². The van der Waals surface area contributed by atoms with E-state index >= 15 is 0 Å². The fourth-order valence-corrected chi connectivity index (χ4v) is 8.69. The van der Waals surface area contributed by atoms with Crippen molar-refractivity contribution in [2.75, 3.05) is 65.7 Å². The van der Waals surface area contributed by atoms with Crippen LogP contribution in [0.4, 0.5) is 0 Å². The molecule has 0 radical (unpaired) electrons. The first-order valence-electron chi connectivity index (χ1n) is 28.5. The summed E-state index contributed by atoms with van der Waals surface area (Å²) in [5.74, 6) is -0.173. The van der Waals surface area contributed by atoms with Crippen LogP contribution in [0.15, 0.2) is 0 Å². The smallest absolute Gasteiger partial charge is 0.305 e. The first-order valence-corrected chi connectivity index (χ1v) is 28.5. The molecule has 0 bridgehead atoms. The van der Waals surface area contributed by atoms with Crippen LogP contribution in [0.25, 0.3) is 0 Å². The average Bonchev–Trinajstić information content (AvgIpc) is 3.30. The lowest BCUT2D eigenvalue weighted by Crippen LogP contribution is -2.33. The van der Waals surface area contributed by atoms with Gasteiger partial charge in [0.2, 0.25) is 0 Å². The Morgan fingerprint density at radius 1 is 0.292 bits per heavy atom. The van der Waals surface area contributed by atoms with E-state index in [4.69, 9.17) is 14.2 Å². The zero-order valence-corrected chi connectivity index (χ0v) is 43.6. The third-order valence-corrected chi connectivity index (χ3v) is 13.0. The van der Waals surface area contributed by atoms with Gasteiger partial charge >= 0.3 is 17.9 Å². The van der Waals surface area contributed by atoms with E-state index in [2.05, 4.69) is 30.6 Å². The van der Waals surface area contributed by atoms with Gasteiger partial charge in [0.1, 0.15) is 0 Å². The zero-order valence-electron chi connectivity index (χ0n) is 43.6. The van der Waals surface area contributed by atoms with E-state index in [0.29, 0.717) is 45.6 Å². The monoisotopic (exact) mass is 923 g/mol. The fourth-order valence-electron chi connectivity index (χ4n) is 8.69. The molecule has 0 aromatic heterocycles. The normalized spacial score (nSPS) is 11.5. The Kier molecular flexibility index (Phi) is 51.8. The van der Waals surface area contributed by atoms with Crippen molar-refractivity contribution in [1.29, 1.82) is 0 Å². The molecule has 0 fully saturated rings. The Balaban J connectivity index is 4.48. The van der Waals surface area contributed by atoms with Gasteiger partial charge in [0.15, 0.2) is 0 Å². The highest BCUT2D eigenvalue weighted by Gasteiger charge is 2.11. The topological polar surface area (TPSA) is 106 Å². The predicted molar refractivity (Wildman–Crippen MR) is 275 cm³/mol. The van der Waals surface area contributed by atoms with Crippen LogP contribution in [-0.2, 0) is 28.6 Å². The van der Waals surface area contributed by atoms with Crippen molar-refractivity contribution in [3.8, 4) is 0 Å². The van der Waals surface area contributed by atoms with E-state index in [0.717, 1.165) is 135 Å². The van der Waals surface area contributed by atoms with Gasteiger partial charge in [0, 0.05) is 25.8 Å². The number of carbonyl (C=O) groups is 3. The molecule has 0 rings (SSSR count). The van der Waals surface area contributed by atoms with Crippen molar-refractivity contribution in [3.63, 3.8) is 0 Å². The Bertz CT molecular complexity index is 952. The van der Waals surface area contributed by atoms with Crippen LogP contribution in [-0.4, -0.2) is 98.5 Å². The minimum absolute atomic E-state index is 0.0543. The number of rotatable bonds is 54. The van der Waals surface area contributed by atoms with E-state index < -0.39 is 0 Å². The first-order chi connectivity index (χ1) is 32.0. The predicted octanol–water partition coefficient (Wildman–Crippen LogP) is 14.9. The largest absolute Gasteiger partial charge is 0.466 e. The lowest BCUT2D eigenvalue weighted by molar-refractivity contribution is -0.144. The molecule has 0 saturated heterocycles. The third kappa shape index (κ3) is 50.0. The van der Waals surface area contributed by atoms with Gasteiger partial charge in [-0.25, -0.2) is 0 Å². The molecule has 0 aromatic rings. The Morgan fingerprint density at radius 2 is 0.523 bits per heavy atom.